The highest BCUT2D eigenvalue weighted by atomic mass is 16.5. The van der Waals surface area contributed by atoms with Crippen LogP contribution in [-0.4, -0.2) is 42.2 Å². The molecule has 0 aliphatic carbocycles. The van der Waals surface area contributed by atoms with Crippen LogP contribution in [0.25, 0.3) is 0 Å². The number of hydrogen-bond donors (Lipinski definition) is 0. The first kappa shape index (κ1) is 16.3. The summed E-state index contributed by atoms with van der Waals surface area (Å²) in [6, 6.07) is 8.16. The van der Waals surface area contributed by atoms with Gasteiger partial charge in [-0.25, -0.2) is 0 Å². The molecule has 1 atom stereocenters. The van der Waals surface area contributed by atoms with Crippen LogP contribution in [0.2, 0.25) is 0 Å². The van der Waals surface area contributed by atoms with Gasteiger partial charge in [0.2, 0.25) is 0 Å². The van der Waals surface area contributed by atoms with Crippen LogP contribution in [0.3, 0.4) is 0 Å². The second-order valence-corrected chi connectivity index (χ2v) is 6.96. The molecular formula is C19H27NO3. The Morgan fingerprint density at radius 2 is 1.91 bits per heavy atom. The number of piperidine rings is 1. The van der Waals surface area contributed by atoms with Crippen LogP contribution in [-0.2, 0) is 9.53 Å². The standard InChI is InChI=1S/C19H27NO3/c1-15-5-7-16(8-6-15)23-17-9-12-20(13-10-17)18(21)19(2)11-3-4-14-22-19/h5-8,17H,3-4,9-14H2,1-2H3/t19-/m0/s1. The maximum atomic E-state index is 12.7. The van der Waals surface area contributed by atoms with Crippen molar-refractivity contribution >= 4 is 5.91 Å². The molecule has 23 heavy (non-hydrogen) atoms. The van der Waals surface area contributed by atoms with Crippen molar-refractivity contribution in [2.75, 3.05) is 19.7 Å². The number of carbonyl (C=O) groups is 1. The van der Waals surface area contributed by atoms with Gasteiger partial charge < -0.3 is 14.4 Å². The topological polar surface area (TPSA) is 38.8 Å². The van der Waals surface area contributed by atoms with Gasteiger partial charge in [-0.05, 0) is 45.2 Å². The lowest BCUT2D eigenvalue weighted by Gasteiger charge is -2.40. The number of benzene rings is 1. The van der Waals surface area contributed by atoms with Crippen LogP contribution in [0.4, 0.5) is 0 Å². The van der Waals surface area contributed by atoms with E-state index in [9.17, 15) is 4.79 Å². The molecule has 0 N–H and O–H groups in total. The maximum Gasteiger partial charge on any atom is 0.254 e. The molecular weight excluding hydrogens is 290 g/mol. The summed E-state index contributed by atoms with van der Waals surface area (Å²) >= 11 is 0. The maximum absolute atomic E-state index is 12.7. The number of aryl methyl sites for hydroxylation is 1. The average Bonchev–Trinajstić information content (AvgIpc) is 2.58. The quantitative estimate of drug-likeness (QED) is 0.858. The first-order chi connectivity index (χ1) is 11.1. The van der Waals surface area contributed by atoms with Crippen molar-refractivity contribution < 1.29 is 14.3 Å². The summed E-state index contributed by atoms with van der Waals surface area (Å²) in [5, 5.41) is 0. The predicted molar refractivity (Wildman–Crippen MR) is 89.6 cm³/mol. The monoisotopic (exact) mass is 317 g/mol. The van der Waals surface area contributed by atoms with Crippen LogP contribution in [0.1, 0.15) is 44.6 Å². The number of hydrogen-bond acceptors (Lipinski definition) is 3. The molecule has 126 valence electrons. The van der Waals surface area contributed by atoms with Crippen molar-refractivity contribution in [1.29, 1.82) is 0 Å². The Balaban J connectivity index is 1.51. The Kier molecular flexibility index (Phi) is 4.90. The molecule has 2 saturated heterocycles. The van der Waals surface area contributed by atoms with E-state index in [0.29, 0.717) is 6.61 Å². The minimum atomic E-state index is -0.608. The number of ether oxygens (including phenoxy) is 2. The summed E-state index contributed by atoms with van der Waals surface area (Å²) < 4.78 is 11.8. The summed E-state index contributed by atoms with van der Waals surface area (Å²) in [6.45, 7) is 6.24. The van der Waals surface area contributed by atoms with E-state index in [-0.39, 0.29) is 12.0 Å². The Morgan fingerprint density at radius 1 is 1.22 bits per heavy atom. The third-order valence-electron chi connectivity index (χ3n) is 4.97. The smallest absolute Gasteiger partial charge is 0.254 e. The number of carbonyl (C=O) groups excluding carboxylic acids is 1. The van der Waals surface area contributed by atoms with Gasteiger partial charge >= 0.3 is 0 Å². The molecule has 1 aromatic rings. The fourth-order valence-electron chi connectivity index (χ4n) is 3.42. The Hall–Kier alpha value is -1.55. The minimum Gasteiger partial charge on any atom is -0.490 e. The van der Waals surface area contributed by atoms with Crippen LogP contribution in [0, 0.1) is 6.92 Å². The van der Waals surface area contributed by atoms with E-state index >= 15 is 0 Å². The first-order valence-corrected chi connectivity index (χ1v) is 8.73. The van der Waals surface area contributed by atoms with E-state index in [1.165, 1.54) is 5.56 Å². The van der Waals surface area contributed by atoms with Crippen molar-refractivity contribution in [2.24, 2.45) is 0 Å². The molecule has 1 amide bonds. The first-order valence-electron chi connectivity index (χ1n) is 8.73. The van der Waals surface area contributed by atoms with Crippen molar-refractivity contribution in [3.63, 3.8) is 0 Å². The van der Waals surface area contributed by atoms with Crippen LogP contribution >= 0.6 is 0 Å². The zero-order chi connectivity index (χ0) is 16.3. The van der Waals surface area contributed by atoms with Gasteiger partial charge in [0.25, 0.3) is 5.91 Å². The fraction of sp³-hybridized carbons (Fsp3) is 0.632. The molecule has 4 heteroatoms. The molecule has 2 aliphatic heterocycles. The van der Waals surface area contributed by atoms with E-state index in [1.54, 1.807) is 0 Å². The van der Waals surface area contributed by atoms with Gasteiger partial charge in [-0.3, -0.25) is 4.79 Å². The van der Waals surface area contributed by atoms with Crippen LogP contribution in [0.5, 0.6) is 5.75 Å². The predicted octanol–water partition coefficient (Wildman–Crippen LogP) is 3.32. The summed E-state index contributed by atoms with van der Waals surface area (Å²) in [6.07, 6.45) is 4.95. The number of nitrogens with zero attached hydrogens (tertiary/aromatic N) is 1. The zero-order valence-electron chi connectivity index (χ0n) is 14.2. The highest BCUT2D eigenvalue weighted by Crippen LogP contribution is 2.28. The normalized spacial score (nSPS) is 26.1. The molecule has 2 heterocycles. The van der Waals surface area contributed by atoms with Crippen molar-refractivity contribution in [1.82, 2.24) is 4.90 Å². The Labute approximate surface area is 138 Å². The molecule has 0 aromatic heterocycles. The average molecular weight is 317 g/mol. The second-order valence-electron chi connectivity index (χ2n) is 6.96. The Bertz CT molecular complexity index is 526. The Morgan fingerprint density at radius 3 is 2.52 bits per heavy atom. The zero-order valence-corrected chi connectivity index (χ0v) is 14.2. The molecule has 2 aliphatic rings. The molecule has 4 nitrogen and oxygen atoms in total. The van der Waals surface area contributed by atoms with Crippen molar-refractivity contribution in [2.45, 2.75) is 57.7 Å². The SMILES string of the molecule is Cc1ccc(OC2CCN(C(=O)[C@]3(C)CCCCO3)CC2)cc1. The van der Waals surface area contributed by atoms with Gasteiger partial charge in [0.1, 0.15) is 17.5 Å². The van der Waals surface area contributed by atoms with E-state index < -0.39 is 5.60 Å². The minimum absolute atomic E-state index is 0.158. The second kappa shape index (κ2) is 6.91. The fourth-order valence-corrected chi connectivity index (χ4v) is 3.42. The lowest BCUT2D eigenvalue weighted by molar-refractivity contribution is -0.163. The molecule has 2 fully saturated rings. The number of amides is 1. The van der Waals surface area contributed by atoms with E-state index in [0.717, 1.165) is 50.9 Å². The third kappa shape index (κ3) is 3.86. The summed E-state index contributed by atoms with van der Waals surface area (Å²) in [4.78, 5) is 14.7. The molecule has 3 rings (SSSR count). The molecule has 0 bridgehead atoms. The third-order valence-corrected chi connectivity index (χ3v) is 4.97. The summed E-state index contributed by atoms with van der Waals surface area (Å²) in [5.74, 6) is 1.08. The van der Waals surface area contributed by atoms with Gasteiger partial charge in [0.15, 0.2) is 0 Å². The lowest BCUT2D eigenvalue weighted by atomic mass is 9.93. The molecule has 0 spiro atoms. The van der Waals surface area contributed by atoms with Gasteiger partial charge in [-0.1, -0.05) is 17.7 Å². The van der Waals surface area contributed by atoms with Crippen molar-refractivity contribution in [3.05, 3.63) is 29.8 Å². The van der Waals surface area contributed by atoms with Gasteiger partial charge in [0, 0.05) is 32.5 Å². The van der Waals surface area contributed by atoms with E-state index in [1.807, 2.05) is 24.0 Å². The van der Waals surface area contributed by atoms with Gasteiger partial charge in [-0.15, -0.1) is 0 Å². The summed E-state index contributed by atoms with van der Waals surface area (Å²) in [5.41, 5.74) is 0.626. The molecule has 0 unspecified atom stereocenters. The number of rotatable bonds is 3. The van der Waals surface area contributed by atoms with Gasteiger partial charge in [0.05, 0.1) is 0 Å². The van der Waals surface area contributed by atoms with E-state index in [2.05, 4.69) is 19.1 Å². The number of likely N-dealkylation sites (tertiary alicyclic amines) is 1. The van der Waals surface area contributed by atoms with E-state index in [4.69, 9.17) is 9.47 Å². The van der Waals surface area contributed by atoms with Crippen LogP contribution < -0.4 is 4.74 Å². The van der Waals surface area contributed by atoms with Gasteiger partial charge in [-0.2, -0.15) is 0 Å². The highest BCUT2D eigenvalue weighted by Gasteiger charge is 2.40. The molecule has 0 saturated carbocycles. The van der Waals surface area contributed by atoms with Crippen molar-refractivity contribution in [3.8, 4) is 5.75 Å². The highest BCUT2D eigenvalue weighted by molar-refractivity contribution is 5.85. The molecule has 0 radical (unpaired) electrons. The largest absolute Gasteiger partial charge is 0.490 e. The van der Waals surface area contributed by atoms with Crippen LogP contribution in [0.15, 0.2) is 24.3 Å². The lowest BCUT2D eigenvalue weighted by Crippen LogP contribution is -2.53. The summed E-state index contributed by atoms with van der Waals surface area (Å²) in [7, 11) is 0. The molecule has 1 aromatic carbocycles.